The number of hydrogen-bond acceptors (Lipinski definition) is 1. The summed E-state index contributed by atoms with van der Waals surface area (Å²) in [6.07, 6.45) is 0. The van der Waals surface area contributed by atoms with Crippen molar-refractivity contribution in [2.45, 2.75) is 0 Å². The molecule has 12 aromatic rings. The van der Waals surface area contributed by atoms with E-state index in [-0.39, 0.29) is 0 Å². The minimum absolute atomic E-state index is 1.10. The first kappa shape index (κ1) is 38.2. The molecule has 0 atom stereocenters. The number of rotatable bonds is 8. The van der Waals surface area contributed by atoms with E-state index in [9.17, 15) is 0 Å². The van der Waals surface area contributed by atoms with Crippen molar-refractivity contribution in [2.75, 3.05) is 4.90 Å². The largest absolute Gasteiger partial charge is 0.310 e. The number of hydrogen-bond donors (Lipinski definition) is 0. The molecule has 0 unspecified atom stereocenters. The van der Waals surface area contributed by atoms with Crippen LogP contribution in [0.15, 0.2) is 261 Å². The van der Waals surface area contributed by atoms with Gasteiger partial charge in [0, 0.05) is 16.8 Å². The van der Waals surface area contributed by atoms with Gasteiger partial charge in [-0.2, -0.15) is 0 Å². The highest BCUT2D eigenvalue weighted by Crippen LogP contribution is 2.50. The summed E-state index contributed by atoms with van der Waals surface area (Å²) in [5.74, 6) is 0. The fraction of sp³-hybridized carbons (Fsp3) is 0. The Balaban J connectivity index is 1.18. The van der Waals surface area contributed by atoms with Crippen LogP contribution >= 0.6 is 0 Å². The molecule has 0 spiro atoms. The Morgan fingerprint density at radius 3 is 1.28 bits per heavy atom. The highest BCUT2D eigenvalue weighted by Gasteiger charge is 2.23. The molecule has 0 aliphatic heterocycles. The van der Waals surface area contributed by atoms with Crippen molar-refractivity contribution >= 4 is 60.2 Å². The number of para-hydroxylation sites is 1. The molecular weight excluding hydrogens is 783 g/mol. The summed E-state index contributed by atoms with van der Waals surface area (Å²) in [6.45, 7) is 0. The molecule has 0 radical (unpaired) electrons. The van der Waals surface area contributed by atoms with Crippen LogP contribution in [0, 0.1) is 0 Å². The third kappa shape index (κ3) is 6.82. The molecular formula is C64H43N. The van der Waals surface area contributed by atoms with Gasteiger partial charge < -0.3 is 4.90 Å². The lowest BCUT2D eigenvalue weighted by Gasteiger charge is -2.27. The Bertz CT molecular complexity index is 3650. The zero-order valence-electron chi connectivity index (χ0n) is 35.8. The van der Waals surface area contributed by atoms with E-state index in [0.29, 0.717) is 0 Å². The van der Waals surface area contributed by atoms with Gasteiger partial charge in [0.05, 0.1) is 5.69 Å². The summed E-state index contributed by atoms with van der Waals surface area (Å²) in [5.41, 5.74) is 15.4. The van der Waals surface area contributed by atoms with Crippen molar-refractivity contribution in [3.8, 4) is 55.6 Å². The topological polar surface area (TPSA) is 3.24 Å². The van der Waals surface area contributed by atoms with E-state index in [1.165, 1.54) is 93.2 Å². The molecule has 0 N–H and O–H groups in total. The first-order valence-electron chi connectivity index (χ1n) is 22.4. The summed E-state index contributed by atoms with van der Waals surface area (Å²) in [4.78, 5) is 2.39. The van der Waals surface area contributed by atoms with Crippen LogP contribution < -0.4 is 4.90 Å². The highest BCUT2D eigenvalue weighted by molar-refractivity contribution is 6.33. The van der Waals surface area contributed by atoms with Gasteiger partial charge in [-0.25, -0.2) is 0 Å². The second-order valence-electron chi connectivity index (χ2n) is 16.8. The van der Waals surface area contributed by atoms with Crippen LogP contribution in [0.5, 0.6) is 0 Å². The molecule has 12 aromatic carbocycles. The second kappa shape index (κ2) is 16.3. The SMILES string of the molecule is c1ccc(-c2ccc3c(c2)c2cc(-c4ccccc4)ccc2c2c(-c4ccccc4)c(-c4ccccc4)cc(-c4ccc(N(c5ccccc5)c5cccc6ccccc56)cc4)c32)cc1. The molecule has 0 bridgehead atoms. The van der Waals surface area contributed by atoms with Gasteiger partial charge in [0.1, 0.15) is 0 Å². The van der Waals surface area contributed by atoms with Crippen LogP contribution in [-0.4, -0.2) is 0 Å². The molecule has 304 valence electrons. The quantitative estimate of drug-likeness (QED) is 0.138. The molecule has 1 heteroatoms. The van der Waals surface area contributed by atoms with Crippen molar-refractivity contribution in [2.24, 2.45) is 0 Å². The van der Waals surface area contributed by atoms with Crippen LogP contribution in [0.25, 0.3) is 98.7 Å². The average Bonchev–Trinajstić information content (AvgIpc) is 3.39. The first-order chi connectivity index (χ1) is 32.3. The summed E-state index contributed by atoms with van der Waals surface area (Å²) in [7, 11) is 0. The third-order valence-electron chi connectivity index (χ3n) is 13.0. The lowest BCUT2D eigenvalue weighted by atomic mass is 9.80. The molecule has 0 heterocycles. The van der Waals surface area contributed by atoms with Gasteiger partial charge in [-0.3, -0.25) is 0 Å². The number of anilines is 3. The standard InChI is InChI=1S/C64H43N/c1-6-19-44(20-7-1)50-35-39-55-59(41-50)60-42-51(45-21-8-2-9-22-45)36-40-56(60)64-62(49-26-12-4-13-27-49)57(47-23-10-3-11-24-47)43-58(63(55)64)48-33-37-53(38-34-48)65(52-29-14-5-15-30-52)61-32-18-28-46-25-16-17-31-54(46)61/h1-43H. The molecule has 0 saturated heterocycles. The summed E-state index contributed by atoms with van der Waals surface area (Å²) in [5, 5.41) is 9.87. The van der Waals surface area contributed by atoms with Crippen molar-refractivity contribution in [3.63, 3.8) is 0 Å². The fourth-order valence-corrected chi connectivity index (χ4v) is 10.00. The van der Waals surface area contributed by atoms with Crippen LogP contribution in [-0.2, 0) is 0 Å². The van der Waals surface area contributed by atoms with E-state index >= 15 is 0 Å². The van der Waals surface area contributed by atoms with E-state index in [0.717, 1.165) is 22.6 Å². The minimum atomic E-state index is 1.10. The summed E-state index contributed by atoms with van der Waals surface area (Å²) in [6, 6.07) is 95.4. The van der Waals surface area contributed by atoms with Gasteiger partial charge in [-0.1, -0.05) is 212 Å². The van der Waals surface area contributed by atoms with Gasteiger partial charge in [-0.15, -0.1) is 0 Å². The van der Waals surface area contributed by atoms with Crippen molar-refractivity contribution in [3.05, 3.63) is 261 Å². The van der Waals surface area contributed by atoms with Crippen molar-refractivity contribution in [1.29, 1.82) is 0 Å². The number of benzene rings is 12. The Kier molecular flexibility index (Phi) is 9.58. The number of fused-ring (bicyclic) bond motifs is 7. The molecule has 65 heavy (non-hydrogen) atoms. The number of nitrogens with zero attached hydrogens (tertiary/aromatic N) is 1. The van der Waals surface area contributed by atoms with Crippen molar-refractivity contribution in [1.82, 2.24) is 0 Å². The summed E-state index contributed by atoms with van der Waals surface area (Å²) >= 11 is 0. The minimum Gasteiger partial charge on any atom is -0.310 e. The zero-order valence-corrected chi connectivity index (χ0v) is 35.8. The molecule has 12 rings (SSSR count). The van der Waals surface area contributed by atoms with Gasteiger partial charge in [0.15, 0.2) is 0 Å². The summed E-state index contributed by atoms with van der Waals surface area (Å²) < 4.78 is 0. The maximum absolute atomic E-state index is 2.46. The monoisotopic (exact) mass is 825 g/mol. The van der Waals surface area contributed by atoms with Gasteiger partial charge in [0.25, 0.3) is 0 Å². The molecule has 0 fully saturated rings. The van der Waals surface area contributed by atoms with Crippen molar-refractivity contribution < 1.29 is 0 Å². The molecule has 0 saturated carbocycles. The van der Waals surface area contributed by atoms with Crippen LogP contribution in [0.4, 0.5) is 17.1 Å². The third-order valence-corrected chi connectivity index (χ3v) is 13.0. The Labute approximate surface area is 379 Å². The molecule has 1 nitrogen and oxygen atoms in total. The van der Waals surface area contributed by atoms with Crippen LogP contribution in [0.2, 0.25) is 0 Å². The molecule has 0 aliphatic carbocycles. The van der Waals surface area contributed by atoms with Gasteiger partial charge in [0.2, 0.25) is 0 Å². The Hall–Kier alpha value is -8.52. The van der Waals surface area contributed by atoms with Gasteiger partial charge >= 0.3 is 0 Å². The maximum Gasteiger partial charge on any atom is 0.0540 e. The highest BCUT2D eigenvalue weighted by atomic mass is 15.1. The normalized spacial score (nSPS) is 11.4. The van der Waals surface area contributed by atoms with Crippen LogP contribution in [0.1, 0.15) is 0 Å². The Morgan fingerprint density at radius 1 is 0.231 bits per heavy atom. The van der Waals surface area contributed by atoms with E-state index in [2.05, 4.69) is 266 Å². The van der Waals surface area contributed by atoms with Gasteiger partial charge in [-0.05, 0) is 142 Å². The predicted octanol–water partition coefficient (Wildman–Crippen LogP) is 18.1. The lowest BCUT2D eigenvalue weighted by molar-refractivity contribution is 1.30. The zero-order chi connectivity index (χ0) is 43.1. The average molecular weight is 826 g/mol. The second-order valence-corrected chi connectivity index (χ2v) is 16.8. The van der Waals surface area contributed by atoms with E-state index in [1.807, 2.05) is 0 Å². The first-order valence-corrected chi connectivity index (χ1v) is 22.4. The van der Waals surface area contributed by atoms with Crippen LogP contribution in [0.3, 0.4) is 0 Å². The maximum atomic E-state index is 2.46. The Morgan fingerprint density at radius 2 is 0.677 bits per heavy atom. The molecule has 0 aromatic heterocycles. The van der Waals surface area contributed by atoms with E-state index in [1.54, 1.807) is 0 Å². The van der Waals surface area contributed by atoms with E-state index < -0.39 is 0 Å². The molecule has 0 aliphatic rings. The lowest BCUT2D eigenvalue weighted by Crippen LogP contribution is -2.10. The fourth-order valence-electron chi connectivity index (χ4n) is 10.00. The predicted molar refractivity (Wildman–Crippen MR) is 278 cm³/mol. The van der Waals surface area contributed by atoms with E-state index in [4.69, 9.17) is 0 Å². The smallest absolute Gasteiger partial charge is 0.0540 e. The molecule has 0 amide bonds.